The maximum Gasteiger partial charge on any atom is 0.433 e. The van der Waals surface area contributed by atoms with Crippen molar-refractivity contribution in [1.29, 1.82) is 0 Å². The molecule has 10 heteroatoms. The second kappa shape index (κ2) is 9.15. The van der Waals surface area contributed by atoms with Gasteiger partial charge in [-0.2, -0.15) is 13.2 Å². The quantitative estimate of drug-likeness (QED) is 0.597. The van der Waals surface area contributed by atoms with Gasteiger partial charge < -0.3 is 15.2 Å². The van der Waals surface area contributed by atoms with Gasteiger partial charge in [0.25, 0.3) is 0 Å². The number of fused-ring (bicyclic) bond motifs is 1. The summed E-state index contributed by atoms with van der Waals surface area (Å²) >= 11 is 0. The molecule has 31 heavy (non-hydrogen) atoms. The van der Waals surface area contributed by atoms with Crippen molar-refractivity contribution in [3.8, 4) is 0 Å². The molecule has 164 valence electrons. The fourth-order valence-electron chi connectivity index (χ4n) is 3.13. The van der Waals surface area contributed by atoms with Crippen LogP contribution in [0, 0.1) is 0 Å². The molecule has 0 radical (unpaired) electrons. The van der Waals surface area contributed by atoms with Crippen LogP contribution in [0.2, 0.25) is 0 Å². The van der Waals surface area contributed by atoms with Crippen LogP contribution < -0.4 is 10.2 Å². The molecule has 0 saturated carbocycles. The van der Waals surface area contributed by atoms with Gasteiger partial charge in [-0.25, -0.2) is 9.97 Å². The van der Waals surface area contributed by atoms with Gasteiger partial charge in [0.1, 0.15) is 11.5 Å². The van der Waals surface area contributed by atoms with Crippen molar-refractivity contribution in [2.45, 2.75) is 38.9 Å². The van der Waals surface area contributed by atoms with Crippen LogP contribution in [0.3, 0.4) is 0 Å². The van der Waals surface area contributed by atoms with Gasteiger partial charge in [0.15, 0.2) is 0 Å². The molecule has 2 N–H and O–H groups in total. The Morgan fingerprint density at radius 2 is 1.90 bits per heavy atom. The normalized spacial score (nSPS) is 11.7. The van der Waals surface area contributed by atoms with Crippen molar-refractivity contribution < 1.29 is 22.8 Å². The van der Waals surface area contributed by atoms with Crippen LogP contribution >= 0.6 is 0 Å². The van der Waals surface area contributed by atoms with E-state index >= 15 is 0 Å². The number of amides is 2. The molecule has 0 atom stereocenters. The predicted molar refractivity (Wildman–Crippen MR) is 109 cm³/mol. The number of pyridine rings is 1. The zero-order valence-corrected chi connectivity index (χ0v) is 17.0. The van der Waals surface area contributed by atoms with Crippen LogP contribution in [0.15, 0.2) is 42.6 Å². The van der Waals surface area contributed by atoms with Gasteiger partial charge in [-0.1, -0.05) is 12.1 Å². The molecule has 0 aliphatic rings. The number of alkyl halides is 3. The third kappa shape index (κ3) is 5.59. The van der Waals surface area contributed by atoms with E-state index in [2.05, 4.69) is 20.3 Å². The summed E-state index contributed by atoms with van der Waals surface area (Å²) in [4.78, 5) is 37.0. The number of rotatable bonds is 7. The number of hydrogen-bond acceptors (Lipinski definition) is 4. The zero-order valence-electron chi connectivity index (χ0n) is 17.0. The van der Waals surface area contributed by atoms with E-state index < -0.39 is 17.8 Å². The number of anilines is 1. The molecule has 1 aromatic carbocycles. The second-order valence-electron chi connectivity index (χ2n) is 7.23. The number of halogens is 3. The van der Waals surface area contributed by atoms with Crippen molar-refractivity contribution >= 4 is 28.5 Å². The Morgan fingerprint density at radius 1 is 1.16 bits per heavy atom. The lowest BCUT2D eigenvalue weighted by Gasteiger charge is -2.27. The first kappa shape index (κ1) is 22.3. The summed E-state index contributed by atoms with van der Waals surface area (Å²) in [5.74, 6) is -0.112. The van der Waals surface area contributed by atoms with E-state index in [-0.39, 0.29) is 30.6 Å². The molecule has 0 aliphatic carbocycles. The fraction of sp³-hybridized carbons (Fsp3) is 0.333. The minimum absolute atomic E-state index is 0.136. The van der Waals surface area contributed by atoms with Crippen molar-refractivity contribution in [2.75, 3.05) is 11.4 Å². The van der Waals surface area contributed by atoms with Gasteiger partial charge >= 0.3 is 6.18 Å². The van der Waals surface area contributed by atoms with E-state index in [0.717, 1.165) is 23.3 Å². The number of nitrogens with zero attached hydrogens (tertiary/aromatic N) is 3. The number of nitrogens with one attached hydrogen (secondary N) is 2. The molecular formula is C21H22F3N5O2. The number of aromatic nitrogens is 3. The van der Waals surface area contributed by atoms with Crippen molar-refractivity contribution in [3.63, 3.8) is 0 Å². The van der Waals surface area contributed by atoms with Gasteiger partial charge in [-0.05, 0) is 38.1 Å². The Kier molecular flexibility index (Phi) is 6.57. The molecule has 2 aromatic heterocycles. The van der Waals surface area contributed by atoms with Crippen LogP contribution in [0.4, 0.5) is 18.9 Å². The lowest BCUT2D eigenvalue weighted by molar-refractivity contribution is -0.141. The number of imidazole rings is 1. The summed E-state index contributed by atoms with van der Waals surface area (Å²) in [7, 11) is 0. The Hall–Kier alpha value is -3.43. The number of aryl methyl sites for hydroxylation is 1. The molecular weight excluding hydrogens is 411 g/mol. The maximum absolute atomic E-state index is 12.7. The minimum atomic E-state index is -4.56. The standard InChI is InChI=1S/C21H22F3N5O2/c1-13(2)29(14-7-8-17(25-11-14)21(22,23)24)20(31)12-26-19(30)10-9-18-27-15-5-3-4-6-16(15)28-18/h3-8,11,13H,9-10,12H2,1-2H3,(H,26,30)(H,27,28). The summed E-state index contributed by atoms with van der Waals surface area (Å²) in [6.45, 7) is 3.16. The molecule has 0 aliphatic heterocycles. The molecule has 0 spiro atoms. The molecule has 0 fully saturated rings. The number of carbonyl (C=O) groups is 2. The highest BCUT2D eigenvalue weighted by molar-refractivity contribution is 5.97. The Labute approximate surface area is 176 Å². The Bertz CT molecular complexity index is 1030. The smallest absolute Gasteiger partial charge is 0.347 e. The first-order valence-corrected chi connectivity index (χ1v) is 9.71. The SMILES string of the molecule is CC(C)N(C(=O)CNC(=O)CCc1nc2ccccc2[nH]1)c1ccc(C(F)(F)F)nc1. The van der Waals surface area contributed by atoms with Crippen LogP contribution in [-0.4, -0.2) is 39.4 Å². The van der Waals surface area contributed by atoms with Crippen LogP contribution in [0.25, 0.3) is 11.0 Å². The van der Waals surface area contributed by atoms with Crippen LogP contribution in [0.5, 0.6) is 0 Å². The number of aromatic amines is 1. The summed E-state index contributed by atoms with van der Waals surface area (Å²) in [6, 6.07) is 9.19. The number of hydrogen-bond donors (Lipinski definition) is 2. The zero-order chi connectivity index (χ0) is 22.6. The molecule has 0 unspecified atom stereocenters. The van der Waals surface area contributed by atoms with Crippen LogP contribution in [-0.2, 0) is 22.2 Å². The number of carbonyl (C=O) groups excluding carboxylic acids is 2. The van der Waals surface area contributed by atoms with Crippen LogP contribution in [0.1, 0.15) is 31.8 Å². The van der Waals surface area contributed by atoms with Gasteiger partial charge in [0, 0.05) is 18.9 Å². The first-order chi connectivity index (χ1) is 14.6. The lowest BCUT2D eigenvalue weighted by Crippen LogP contribution is -2.44. The van der Waals surface area contributed by atoms with E-state index in [1.54, 1.807) is 13.8 Å². The van der Waals surface area contributed by atoms with E-state index in [9.17, 15) is 22.8 Å². The van der Waals surface area contributed by atoms with Crippen molar-refractivity contribution in [1.82, 2.24) is 20.3 Å². The molecule has 0 saturated heterocycles. The van der Waals surface area contributed by atoms with E-state index in [0.29, 0.717) is 12.2 Å². The predicted octanol–water partition coefficient (Wildman–Crippen LogP) is 3.47. The third-order valence-corrected chi connectivity index (χ3v) is 4.57. The number of para-hydroxylation sites is 2. The lowest BCUT2D eigenvalue weighted by atomic mass is 10.2. The average molecular weight is 433 g/mol. The van der Waals surface area contributed by atoms with Gasteiger partial charge in [0.2, 0.25) is 11.8 Å². The topological polar surface area (TPSA) is 91.0 Å². The van der Waals surface area contributed by atoms with E-state index in [4.69, 9.17) is 0 Å². The number of benzene rings is 1. The monoisotopic (exact) mass is 433 g/mol. The highest BCUT2D eigenvalue weighted by atomic mass is 19.4. The molecule has 0 bridgehead atoms. The molecule has 2 heterocycles. The van der Waals surface area contributed by atoms with Crippen molar-refractivity contribution in [2.24, 2.45) is 0 Å². The summed E-state index contributed by atoms with van der Waals surface area (Å²) in [6.07, 6.45) is -3.04. The molecule has 3 aromatic rings. The summed E-state index contributed by atoms with van der Waals surface area (Å²) in [5, 5.41) is 2.55. The largest absolute Gasteiger partial charge is 0.433 e. The molecule has 7 nitrogen and oxygen atoms in total. The Balaban J connectivity index is 1.56. The second-order valence-corrected chi connectivity index (χ2v) is 7.23. The van der Waals surface area contributed by atoms with E-state index in [1.807, 2.05) is 24.3 Å². The average Bonchev–Trinajstić information content (AvgIpc) is 3.13. The minimum Gasteiger partial charge on any atom is -0.347 e. The van der Waals surface area contributed by atoms with Gasteiger partial charge in [-0.3, -0.25) is 9.59 Å². The molecule has 3 rings (SSSR count). The Morgan fingerprint density at radius 3 is 2.52 bits per heavy atom. The third-order valence-electron chi connectivity index (χ3n) is 4.57. The van der Waals surface area contributed by atoms with Gasteiger partial charge in [0.05, 0.1) is 29.5 Å². The maximum atomic E-state index is 12.7. The highest BCUT2D eigenvalue weighted by Crippen LogP contribution is 2.28. The van der Waals surface area contributed by atoms with Gasteiger partial charge in [-0.15, -0.1) is 0 Å². The first-order valence-electron chi connectivity index (χ1n) is 9.71. The fourth-order valence-corrected chi connectivity index (χ4v) is 3.13. The summed E-state index contributed by atoms with van der Waals surface area (Å²) in [5.41, 5.74) is 0.882. The van der Waals surface area contributed by atoms with Crippen molar-refractivity contribution in [3.05, 3.63) is 54.1 Å². The highest BCUT2D eigenvalue weighted by Gasteiger charge is 2.32. The molecule has 2 amide bonds. The van der Waals surface area contributed by atoms with E-state index in [1.165, 1.54) is 11.0 Å². The number of H-pyrrole nitrogens is 1. The summed E-state index contributed by atoms with van der Waals surface area (Å²) < 4.78 is 38.1.